The van der Waals surface area contributed by atoms with Crippen LogP contribution in [0, 0.1) is 5.92 Å². The highest BCUT2D eigenvalue weighted by molar-refractivity contribution is 5.59. The van der Waals surface area contributed by atoms with Crippen LogP contribution in [0.15, 0.2) is 5.10 Å². The zero-order valence-electron chi connectivity index (χ0n) is 6.87. The van der Waals surface area contributed by atoms with Crippen molar-refractivity contribution in [3.63, 3.8) is 0 Å². The minimum Gasteiger partial charge on any atom is -0.186 e. The minimum atomic E-state index is 0.551. The first-order valence-electron chi connectivity index (χ1n) is 4.68. The Labute approximate surface area is 68.1 Å². The third kappa shape index (κ3) is 1.55. The van der Waals surface area contributed by atoms with E-state index in [4.69, 9.17) is 0 Å². The predicted molar refractivity (Wildman–Crippen MR) is 45.6 cm³/mol. The lowest BCUT2D eigenvalue weighted by Crippen LogP contribution is -2.26. The summed E-state index contributed by atoms with van der Waals surface area (Å²) < 4.78 is 0. The van der Waals surface area contributed by atoms with Gasteiger partial charge >= 0.3 is 0 Å². The van der Waals surface area contributed by atoms with Gasteiger partial charge < -0.3 is 0 Å². The smallest absolute Gasteiger partial charge is 0.0790 e. The van der Waals surface area contributed by atoms with E-state index >= 15 is 0 Å². The van der Waals surface area contributed by atoms with Crippen LogP contribution in [0.2, 0.25) is 0 Å². The standard InChI is InChI=1S/C9H15N2/c1-2-4-8(5-3-1)9-6-7-10-11-9/h7-9H,1-6H2. The normalized spacial score (nSPS) is 32.2. The molecule has 1 atom stereocenters. The van der Waals surface area contributed by atoms with Crippen molar-refractivity contribution in [2.75, 3.05) is 0 Å². The Morgan fingerprint density at radius 3 is 2.55 bits per heavy atom. The molecule has 1 radical (unpaired) electrons. The molecule has 0 amide bonds. The molecule has 0 aromatic carbocycles. The van der Waals surface area contributed by atoms with E-state index in [-0.39, 0.29) is 0 Å². The molecule has 1 saturated carbocycles. The molecular formula is C9H15N2. The molecule has 2 rings (SSSR count). The second kappa shape index (κ2) is 3.24. The van der Waals surface area contributed by atoms with Crippen LogP contribution in [0.3, 0.4) is 0 Å². The molecule has 0 N–H and O–H groups in total. The van der Waals surface area contributed by atoms with Gasteiger partial charge in [0.05, 0.1) is 6.04 Å². The molecular weight excluding hydrogens is 136 g/mol. The van der Waals surface area contributed by atoms with Gasteiger partial charge in [-0.15, -0.1) is 0 Å². The first kappa shape index (κ1) is 7.14. The van der Waals surface area contributed by atoms with E-state index in [1.165, 1.54) is 32.1 Å². The zero-order chi connectivity index (χ0) is 7.52. The van der Waals surface area contributed by atoms with Crippen LogP contribution in [-0.4, -0.2) is 12.3 Å². The van der Waals surface area contributed by atoms with Crippen LogP contribution in [-0.2, 0) is 0 Å². The van der Waals surface area contributed by atoms with Gasteiger partial charge in [0, 0.05) is 12.6 Å². The summed E-state index contributed by atoms with van der Waals surface area (Å²) in [5.74, 6) is 0.853. The van der Waals surface area contributed by atoms with Gasteiger partial charge in [0.25, 0.3) is 0 Å². The molecule has 1 unspecified atom stereocenters. The lowest BCUT2D eigenvalue weighted by Gasteiger charge is -2.25. The Morgan fingerprint density at radius 1 is 1.09 bits per heavy atom. The first-order chi connectivity index (χ1) is 5.47. The summed E-state index contributed by atoms with van der Waals surface area (Å²) in [5.41, 5.74) is 4.23. The van der Waals surface area contributed by atoms with E-state index in [0.29, 0.717) is 6.04 Å². The van der Waals surface area contributed by atoms with Crippen LogP contribution in [0.4, 0.5) is 0 Å². The quantitative estimate of drug-likeness (QED) is 0.547. The van der Waals surface area contributed by atoms with Crippen molar-refractivity contribution in [2.24, 2.45) is 11.0 Å². The van der Waals surface area contributed by atoms with E-state index in [1.807, 2.05) is 6.21 Å². The molecule has 2 heteroatoms. The first-order valence-corrected chi connectivity index (χ1v) is 4.68. The third-order valence-corrected chi connectivity index (χ3v) is 2.84. The van der Waals surface area contributed by atoms with Gasteiger partial charge in [-0.05, 0) is 18.8 Å². The van der Waals surface area contributed by atoms with E-state index in [1.54, 1.807) is 0 Å². The van der Waals surface area contributed by atoms with Gasteiger partial charge in [0.15, 0.2) is 0 Å². The van der Waals surface area contributed by atoms with Gasteiger partial charge in [-0.3, -0.25) is 0 Å². The summed E-state index contributed by atoms with van der Waals surface area (Å²) >= 11 is 0. The molecule has 2 nitrogen and oxygen atoms in total. The van der Waals surface area contributed by atoms with Crippen molar-refractivity contribution >= 4 is 6.21 Å². The fourth-order valence-electron chi connectivity index (χ4n) is 2.14. The number of rotatable bonds is 1. The van der Waals surface area contributed by atoms with E-state index in [0.717, 1.165) is 12.3 Å². The van der Waals surface area contributed by atoms with Gasteiger partial charge in [-0.1, -0.05) is 19.3 Å². The van der Waals surface area contributed by atoms with Crippen molar-refractivity contribution in [1.29, 1.82) is 0 Å². The summed E-state index contributed by atoms with van der Waals surface area (Å²) in [6.07, 6.45) is 10.1. The fraction of sp³-hybridized carbons (Fsp3) is 0.889. The molecule has 11 heavy (non-hydrogen) atoms. The molecule has 0 saturated heterocycles. The van der Waals surface area contributed by atoms with Crippen molar-refractivity contribution in [1.82, 2.24) is 5.43 Å². The molecule has 1 aliphatic carbocycles. The highest BCUT2D eigenvalue weighted by atomic mass is 15.3. The Hall–Kier alpha value is -0.530. The Kier molecular flexibility index (Phi) is 2.11. The Balaban J connectivity index is 1.83. The monoisotopic (exact) mass is 151 g/mol. The summed E-state index contributed by atoms with van der Waals surface area (Å²) in [7, 11) is 0. The van der Waals surface area contributed by atoms with E-state index < -0.39 is 0 Å². The van der Waals surface area contributed by atoms with Gasteiger partial charge in [0.1, 0.15) is 0 Å². The van der Waals surface area contributed by atoms with Gasteiger partial charge in [-0.2, -0.15) is 10.5 Å². The average Bonchev–Trinajstić information content (AvgIpc) is 2.58. The third-order valence-electron chi connectivity index (χ3n) is 2.84. The molecule has 0 aromatic heterocycles. The topological polar surface area (TPSA) is 26.5 Å². The second-order valence-electron chi connectivity index (χ2n) is 3.61. The van der Waals surface area contributed by atoms with Gasteiger partial charge in [-0.25, -0.2) is 0 Å². The van der Waals surface area contributed by atoms with E-state index in [2.05, 4.69) is 10.5 Å². The summed E-state index contributed by atoms with van der Waals surface area (Å²) in [4.78, 5) is 0. The van der Waals surface area contributed by atoms with Crippen LogP contribution in [0.25, 0.3) is 0 Å². The Bertz CT molecular complexity index is 140. The molecule has 0 spiro atoms. The van der Waals surface area contributed by atoms with Crippen LogP contribution >= 0.6 is 0 Å². The van der Waals surface area contributed by atoms with Crippen molar-refractivity contribution in [2.45, 2.75) is 44.6 Å². The summed E-state index contributed by atoms with van der Waals surface area (Å²) in [5, 5.41) is 3.94. The zero-order valence-corrected chi connectivity index (χ0v) is 6.87. The molecule has 61 valence electrons. The lowest BCUT2D eigenvalue weighted by atomic mass is 9.83. The molecule has 1 heterocycles. The maximum absolute atomic E-state index is 4.23. The lowest BCUT2D eigenvalue weighted by molar-refractivity contribution is 0.282. The van der Waals surface area contributed by atoms with Crippen molar-refractivity contribution in [3.8, 4) is 0 Å². The van der Waals surface area contributed by atoms with Crippen molar-refractivity contribution in [3.05, 3.63) is 0 Å². The number of nitrogens with zero attached hydrogens (tertiary/aromatic N) is 2. The Morgan fingerprint density at radius 2 is 1.91 bits per heavy atom. The minimum absolute atomic E-state index is 0.551. The molecule has 1 aliphatic heterocycles. The average molecular weight is 151 g/mol. The summed E-state index contributed by atoms with van der Waals surface area (Å²) in [6.45, 7) is 0. The predicted octanol–water partition coefficient (Wildman–Crippen LogP) is 1.93. The van der Waals surface area contributed by atoms with E-state index in [9.17, 15) is 0 Å². The molecule has 1 fully saturated rings. The highest BCUT2D eigenvalue weighted by Gasteiger charge is 2.25. The summed E-state index contributed by atoms with van der Waals surface area (Å²) in [6, 6.07) is 0.551. The maximum Gasteiger partial charge on any atom is 0.0790 e. The molecule has 0 aromatic rings. The molecule has 0 bridgehead atoms. The van der Waals surface area contributed by atoms with Crippen molar-refractivity contribution < 1.29 is 0 Å². The van der Waals surface area contributed by atoms with Crippen LogP contribution < -0.4 is 5.43 Å². The number of hydrogen-bond acceptors (Lipinski definition) is 1. The van der Waals surface area contributed by atoms with Crippen LogP contribution in [0.5, 0.6) is 0 Å². The second-order valence-corrected chi connectivity index (χ2v) is 3.61. The SMILES string of the molecule is C1=N[N]C(C2CCCCC2)C1. The number of hydrogen-bond donors (Lipinski definition) is 0. The molecule has 2 aliphatic rings. The fourth-order valence-corrected chi connectivity index (χ4v) is 2.14. The van der Waals surface area contributed by atoms with Gasteiger partial charge in [0.2, 0.25) is 0 Å². The highest BCUT2D eigenvalue weighted by Crippen LogP contribution is 2.28. The maximum atomic E-state index is 4.23. The van der Waals surface area contributed by atoms with Crippen LogP contribution in [0.1, 0.15) is 38.5 Å². The largest absolute Gasteiger partial charge is 0.186 e.